The lowest BCUT2D eigenvalue weighted by atomic mass is 9.95. The number of fused-ring (bicyclic) bond motifs is 2. The minimum absolute atomic E-state index is 0.181. The third kappa shape index (κ3) is 2.78. The van der Waals surface area contributed by atoms with Gasteiger partial charge in [0.1, 0.15) is 0 Å². The minimum atomic E-state index is -0.342. The van der Waals surface area contributed by atoms with Crippen LogP contribution in [0.5, 0.6) is 0 Å². The highest BCUT2D eigenvalue weighted by Crippen LogP contribution is 2.42. The van der Waals surface area contributed by atoms with Crippen molar-refractivity contribution in [1.82, 2.24) is 0 Å². The Labute approximate surface area is 113 Å². The molecule has 2 aliphatic rings. The van der Waals surface area contributed by atoms with Gasteiger partial charge in [-0.15, -0.1) is 0 Å². The molecule has 4 heteroatoms. The normalized spacial score (nSPS) is 28.7. The fraction of sp³-hybridized carbons (Fsp3) is 0.600. The molecule has 2 saturated carbocycles. The molecule has 19 heavy (non-hydrogen) atoms. The fourth-order valence-corrected chi connectivity index (χ4v) is 3.83. The van der Waals surface area contributed by atoms with E-state index in [0.717, 1.165) is 30.8 Å². The van der Waals surface area contributed by atoms with Crippen LogP contribution in [0.4, 0.5) is 5.69 Å². The number of benzene rings is 1. The fourth-order valence-electron chi connectivity index (χ4n) is 3.83. The number of nitro benzene ring substituents is 1. The first-order chi connectivity index (χ1) is 9.22. The van der Waals surface area contributed by atoms with E-state index in [0.29, 0.717) is 0 Å². The molecule has 4 nitrogen and oxygen atoms in total. The van der Waals surface area contributed by atoms with Crippen LogP contribution in [-0.4, -0.2) is 17.5 Å². The molecular formula is C15H21N2O2+. The standard InChI is InChI=1S/C15H20N2O2/c18-17(19)14-5-2-11(3-6-14)7-8-16-15-10-12-1-4-13(15)9-12/h2-3,5-6,12-13,15-16H,1,4,7-10H2/p+1/t12-,13+,15+/m0/s1. The molecule has 0 spiro atoms. The average molecular weight is 261 g/mol. The quantitative estimate of drug-likeness (QED) is 0.650. The van der Waals surface area contributed by atoms with Crippen molar-refractivity contribution in [2.45, 2.75) is 38.1 Å². The zero-order chi connectivity index (χ0) is 13.2. The number of hydrogen-bond donors (Lipinski definition) is 1. The van der Waals surface area contributed by atoms with Crippen LogP contribution in [0.2, 0.25) is 0 Å². The Hall–Kier alpha value is -1.42. The molecule has 2 aliphatic carbocycles. The molecular weight excluding hydrogens is 240 g/mol. The highest BCUT2D eigenvalue weighted by Gasteiger charge is 2.41. The largest absolute Gasteiger partial charge is 0.343 e. The molecule has 2 N–H and O–H groups in total. The zero-order valence-electron chi connectivity index (χ0n) is 11.1. The second kappa shape index (κ2) is 5.29. The van der Waals surface area contributed by atoms with Crippen LogP contribution in [0.25, 0.3) is 0 Å². The van der Waals surface area contributed by atoms with Crippen molar-refractivity contribution < 1.29 is 10.2 Å². The Kier molecular flexibility index (Phi) is 3.51. The molecule has 0 unspecified atom stereocenters. The molecule has 0 saturated heterocycles. The van der Waals surface area contributed by atoms with E-state index in [9.17, 15) is 10.1 Å². The van der Waals surface area contributed by atoms with Gasteiger partial charge in [-0.25, -0.2) is 0 Å². The van der Waals surface area contributed by atoms with Gasteiger partial charge in [-0.3, -0.25) is 10.1 Å². The van der Waals surface area contributed by atoms with Crippen molar-refractivity contribution >= 4 is 5.69 Å². The highest BCUT2D eigenvalue weighted by molar-refractivity contribution is 5.32. The van der Waals surface area contributed by atoms with Crippen LogP contribution < -0.4 is 5.32 Å². The summed E-state index contributed by atoms with van der Waals surface area (Å²) in [5.41, 5.74) is 1.38. The summed E-state index contributed by atoms with van der Waals surface area (Å²) >= 11 is 0. The van der Waals surface area contributed by atoms with Crippen molar-refractivity contribution in [3.8, 4) is 0 Å². The maximum atomic E-state index is 10.6. The molecule has 0 heterocycles. The lowest BCUT2D eigenvalue weighted by Crippen LogP contribution is -2.91. The Balaban J connectivity index is 1.46. The summed E-state index contributed by atoms with van der Waals surface area (Å²) in [6.07, 6.45) is 6.76. The molecule has 0 aliphatic heterocycles. The van der Waals surface area contributed by atoms with Gasteiger partial charge in [-0.2, -0.15) is 0 Å². The lowest BCUT2D eigenvalue weighted by Gasteiger charge is -2.19. The third-order valence-electron chi connectivity index (χ3n) is 4.84. The maximum Gasteiger partial charge on any atom is 0.269 e. The molecule has 0 radical (unpaired) electrons. The summed E-state index contributed by atoms with van der Waals surface area (Å²) in [4.78, 5) is 10.2. The first-order valence-corrected chi connectivity index (χ1v) is 7.29. The maximum absolute atomic E-state index is 10.6. The number of non-ortho nitro benzene ring substituents is 1. The third-order valence-corrected chi connectivity index (χ3v) is 4.84. The summed E-state index contributed by atoms with van der Waals surface area (Å²) in [7, 11) is 0. The van der Waals surface area contributed by atoms with Crippen LogP contribution in [0, 0.1) is 22.0 Å². The summed E-state index contributed by atoms with van der Waals surface area (Å²) in [5, 5.41) is 13.1. The van der Waals surface area contributed by atoms with Gasteiger partial charge in [0, 0.05) is 30.9 Å². The summed E-state index contributed by atoms with van der Waals surface area (Å²) < 4.78 is 0. The predicted molar refractivity (Wildman–Crippen MR) is 72.8 cm³/mol. The average Bonchev–Trinajstić information content (AvgIpc) is 3.02. The first kappa shape index (κ1) is 12.6. The summed E-state index contributed by atoms with van der Waals surface area (Å²) in [6.45, 7) is 1.10. The Morgan fingerprint density at radius 3 is 2.58 bits per heavy atom. The second-order valence-corrected chi connectivity index (χ2v) is 6.04. The molecule has 3 atom stereocenters. The second-order valence-electron chi connectivity index (χ2n) is 6.04. The Bertz CT molecular complexity index is 458. The van der Waals surface area contributed by atoms with Gasteiger partial charge in [0.15, 0.2) is 0 Å². The van der Waals surface area contributed by atoms with Crippen molar-refractivity contribution in [3.05, 3.63) is 39.9 Å². The zero-order valence-corrected chi connectivity index (χ0v) is 11.1. The van der Waals surface area contributed by atoms with E-state index in [-0.39, 0.29) is 10.6 Å². The van der Waals surface area contributed by atoms with Crippen molar-refractivity contribution in [1.29, 1.82) is 0 Å². The van der Waals surface area contributed by atoms with Crippen LogP contribution in [0.1, 0.15) is 31.2 Å². The molecule has 1 aromatic rings. The first-order valence-electron chi connectivity index (χ1n) is 7.29. The number of nitrogens with zero attached hydrogens (tertiary/aromatic N) is 1. The van der Waals surface area contributed by atoms with E-state index in [1.165, 1.54) is 31.2 Å². The van der Waals surface area contributed by atoms with E-state index in [4.69, 9.17) is 0 Å². The van der Waals surface area contributed by atoms with Crippen LogP contribution >= 0.6 is 0 Å². The van der Waals surface area contributed by atoms with Crippen molar-refractivity contribution in [2.24, 2.45) is 11.8 Å². The monoisotopic (exact) mass is 261 g/mol. The van der Waals surface area contributed by atoms with E-state index in [2.05, 4.69) is 5.32 Å². The van der Waals surface area contributed by atoms with Gasteiger partial charge in [0.2, 0.25) is 0 Å². The number of nitro groups is 1. The van der Waals surface area contributed by atoms with Crippen LogP contribution in [0.3, 0.4) is 0 Å². The van der Waals surface area contributed by atoms with E-state index < -0.39 is 0 Å². The minimum Gasteiger partial charge on any atom is -0.343 e. The van der Waals surface area contributed by atoms with E-state index >= 15 is 0 Å². The molecule has 102 valence electrons. The van der Waals surface area contributed by atoms with Gasteiger partial charge >= 0.3 is 0 Å². The molecule has 0 amide bonds. The van der Waals surface area contributed by atoms with Gasteiger partial charge in [-0.05, 0) is 30.7 Å². The van der Waals surface area contributed by atoms with E-state index in [1.807, 2.05) is 12.1 Å². The molecule has 2 fully saturated rings. The molecule has 3 rings (SSSR count). The van der Waals surface area contributed by atoms with E-state index in [1.54, 1.807) is 12.1 Å². The molecule has 0 aromatic heterocycles. The highest BCUT2D eigenvalue weighted by atomic mass is 16.6. The number of rotatable bonds is 5. The van der Waals surface area contributed by atoms with Gasteiger partial charge in [0.05, 0.1) is 17.5 Å². The smallest absolute Gasteiger partial charge is 0.269 e. The molecule has 1 aromatic carbocycles. The predicted octanol–water partition coefficient (Wildman–Crippen LogP) is 1.89. The summed E-state index contributed by atoms with van der Waals surface area (Å²) in [5.74, 6) is 1.97. The van der Waals surface area contributed by atoms with Crippen LogP contribution in [-0.2, 0) is 6.42 Å². The summed E-state index contributed by atoms with van der Waals surface area (Å²) in [6, 6.07) is 7.82. The number of hydrogen-bond acceptors (Lipinski definition) is 2. The van der Waals surface area contributed by atoms with Gasteiger partial charge in [0.25, 0.3) is 5.69 Å². The van der Waals surface area contributed by atoms with Gasteiger partial charge in [-0.1, -0.05) is 12.1 Å². The topological polar surface area (TPSA) is 59.8 Å². The lowest BCUT2D eigenvalue weighted by molar-refractivity contribution is -0.694. The Morgan fingerprint density at radius 2 is 2.00 bits per heavy atom. The molecule has 2 bridgehead atoms. The van der Waals surface area contributed by atoms with Crippen molar-refractivity contribution in [2.75, 3.05) is 6.54 Å². The van der Waals surface area contributed by atoms with Gasteiger partial charge < -0.3 is 5.32 Å². The van der Waals surface area contributed by atoms with Crippen molar-refractivity contribution in [3.63, 3.8) is 0 Å². The Morgan fingerprint density at radius 1 is 1.21 bits per heavy atom. The number of nitrogens with two attached hydrogens (primary N) is 1. The van der Waals surface area contributed by atoms with Crippen LogP contribution in [0.15, 0.2) is 24.3 Å². The SMILES string of the molecule is O=[N+]([O-])c1ccc(CC[NH2+][C@@H]2C[C@H]3CC[C@@H]2C3)cc1. The number of quaternary nitrogens is 1.